The second-order valence-electron chi connectivity index (χ2n) is 23.6. The second-order valence-corrected chi connectivity index (χ2v) is 25.0. The highest BCUT2D eigenvalue weighted by Gasteiger charge is 2.27. The summed E-state index contributed by atoms with van der Waals surface area (Å²) in [4.78, 5) is 40.0. The van der Waals surface area contributed by atoms with Crippen LogP contribution in [-0.2, 0) is 27.9 Å². The van der Waals surface area contributed by atoms with Gasteiger partial charge in [-0.1, -0.05) is 263 Å². The summed E-state index contributed by atoms with van der Waals surface area (Å²) in [5.74, 6) is -0.532. The first kappa shape index (κ1) is 74.2. The Labute approximate surface area is 472 Å². The lowest BCUT2D eigenvalue weighted by Gasteiger charge is -2.30. The highest BCUT2D eigenvalue weighted by Crippen LogP contribution is 2.38. The quantitative estimate of drug-likeness (QED) is 0.0212. The Kier molecular flexibility index (Phi) is 55.2. The number of rotatable bonds is 60. The predicted molar refractivity (Wildman–Crippen MR) is 326 cm³/mol. The average Bonchev–Trinajstić information content (AvgIpc) is 3.38. The Bertz CT molecular complexity index is 1400. The molecule has 0 aliphatic carbocycles. The van der Waals surface area contributed by atoms with Crippen molar-refractivity contribution >= 4 is 19.7 Å². The molecule has 0 spiro atoms. The monoisotopic (exact) mass is 1090 g/mol. The van der Waals surface area contributed by atoms with E-state index in [2.05, 4.69) is 50.4 Å². The van der Waals surface area contributed by atoms with Crippen molar-refractivity contribution in [3.63, 3.8) is 0 Å². The summed E-state index contributed by atoms with van der Waals surface area (Å²) in [6, 6.07) is -0.887. The van der Waals surface area contributed by atoms with Crippen molar-refractivity contribution in [1.29, 1.82) is 0 Å². The number of likely N-dealkylation sites (N-methyl/N-ethyl adjacent to an activating group) is 1. The molecule has 0 heterocycles. The van der Waals surface area contributed by atoms with Gasteiger partial charge in [-0.15, -0.1) is 0 Å². The zero-order valence-electron chi connectivity index (χ0n) is 51.2. The number of carbonyl (C=O) groups excluding carboxylic acids is 2. The molecule has 0 aromatic rings. The first-order valence-corrected chi connectivity index (χ1v) is 34.3. The standard InChI is InChI=1S/C66H127N2O7P/c1-7-10-13-16-19-22-25-28-30-32-34-36-38-40-43-46-49-52-55-58-65(69)67-63(62-74-76(71,72)73-61-60-68(4,5)6)64(57-54-51-48-45-42-27-24-21-18-15-12-9-3)75-66(70)59-56-53-50-47-44-41-39-37-35-33-31-29-26-23-20-17-14-11-8-2/h28-31,54,57,63-64H,7-27,32-53,55-56,58-62H2,1-6H3,(H-,67,69,71,72)/b30-28+,31-29+,57-54+. The summed E-state index contributed by atoms with van der Waals surface area (Å²) in [6.45, 7) is 6.87. The molecule has 0 aromatic carbocycles. The van der Waals surface area contributed by atoms with Crippen molar-refractivity contribution in [2.75, 3.05) is 40.9 Å². The maximum absolute atomic E-state index is 13.5. The molecule has 0 saturated carbocycles. The molecule has 0 aromatic heterocycles. The van der Waals surface area contributed by atoms with Crippen LogP contribution in [0.1, 0.15) is 323 Å². The number of hydrogen-bond donors (Lipinski definition) is 1. The zero-order valence-corrected chi connectivity index (χ0v) is 52.1. The maximum atomic E-state index is 13.5. The fraction of sp³-hybridized carbons (Fsp3) is 0.879. The summed E-state index contributed by atoms with van der Waals surface area (Å²) >= 11 is 0. The average molecular weight is 1090 g/mol. The van der Waals surface area contributed by atoms with Gasteiger partial charge in [0.2, 0.25) is 5.91 Å². The van der Waals surface area contributed by atoms with Gasteiger partial charge in [0.25, 0.3) is 7.82 Å². The van der Waals surface area contributed by atoms with Crippen LogP contribution in [0.2, 0.25) is 0 Å². The fourth-order valence-electron chi connectivity index (χ4n) is 9.69. The predicted octanol–water partition coefficient (Wildman–Crippen LogP) is 19.7. The van der Waals surface area contributed by atoms with Crippen LogP contribution in [0.4, 0.5) is 0 Å². The lowest BCUT2D eigenvalue weighted by atomic mass is 10.0. The molecule has 0 fully saturated rings. The van der Waals surface area contributed by atoms with Gasteiger partial charge < -0.3 is 28.5 Å². The lowest BCUT2D eigenvalue weighted by molar-refractivity contribution is -0.870. The molecule has 0 saturated heterocycles. The van der Waals surface area contributed by atoms with Crippen LogP contribution in [0.25, 0.3) is 0 Å². The molecule has 0 radical (unpaired) electrons. The largest absolute Gasteiger partial charge is 0.756 e. The van der Waals surface area contributed by atoms with Crippen LogP contribution >= 0.6 is 7.82 Å². The van der Waals surface area contributed by atoms with E-state index in [0.717, 1.165) is 57.8 Å². The minimum atomic E-state index is -4.70. The van der Waals surface area contributed by atoms with Gasteiger partial charge >= 0.3 is 5.97 Å². The number of phosphoric acid groups is 1. The summed E-state index contributed by atoms with van der Waals surface area (Å²) in [5.41, 5.74) is 0. The second kappa shape index (κ2) is 56.5. The Hall–Kier alpha value is -1.77. The number of hydrogen-bond acceptors (Lipinski definition) is 7. The summed E-state index contributed by atoms with van der Waals surface area (Å²) in [7, 11) is 1.19. The van der Waals surface area contributed by atoms with E-state index in [1.807, 2.05) is 33.3 Å². The third kappa shape index (κ3) is 56.9. The van der Waals surface area contributed by atoms with Gasteiger partial charge in [0, 0.05) is 12.8 Å². The third-order valence-corrected chi connectivity index (χ3v) is 15.8. The number of unbranched alkanes of at least 4 members (excludes halogenated alkanes) is 40. The Morgan fingerprint density at radius 1 is 0.447 bits per heavy atom. The number of nitrogens with zero attached hydrogens (tertiary/aromatic N) is 1. The minimum Gasteiger partial charge on any atom is -0.756 e. The number of amides is 1. The van der Waals surface area contributed by atoms with Crippen molar-refractivity contribution in [2.45, 2.75) is 335 Å². The van der Waals surface area contributed by atoms with Crippen LogP contribution in [0.5, 0.6) is 0 Å². The third-order valence-electron chi connectivity index (χ3n) is 14.8. The lowest BCUT2D eigenvalue weighted by Crippen LogP contribution is -2.47. The van der Waals surface area contributed by atoms with Gasteiger partial charge in [-0.05, 0) is 83.1 Å². The summed E-state index contributed by atoms with van der Waals surface area (Å²) in [5, 5.41) is 3.04. The SMILES string of the molecule is CCCCCCCC/C=C/CCCCCCCCCCCC(=O)NC(COP(=O)([O-])OCC[N+](C)(C)C)C(/C=C/CCCCCCCCCCCC)OC(=O)CCCCCCCCCCC/C=C/CCCCCCCC. The van der Waals surface area contributed by atoms with Crippen LogP contribution < -0.4 is 10.2 Å². The Balaban J connectivity index is 5.18. The van der Waals surface area contributed by atoms with Crippen molar-refractivity contribution in [3.05, 3.63) is 36.5 Å². The molecule has 1 amide bonds. The molecule has 1 N–H and O–H groups in total. The smallest absolute Gasteiger partial charge is 0.306 e. The number of esters is 1. The van der Waals surface area contributed by atoms with Gasteiger partial charge in [-0.2, -0.15) is 0 Å². The van der Waals surface area contributed by atoms with Crippen molar-refractivity contribution in [2.24, 2.45) is 0 Å². The van der Waals surface area contributed by atoms with E-state index in [0.29, 0.717) is 17.4 Å². The number of ether oxygens (including phenoxy) is 1. The Morgan fingerprint density at radius 2 is 0.763 bits per heavy atom. The molecule has 3 unspecified atom stereocenters. The summed E-state index contributed by atoms with van der Waals surface area (Å²) < 4.78 is 30.4. The van der Waals surface area contributed by atoms with E-state index in [1.165, 1.54) is 231 Å². The molecule has 0 aliphatic heterocycles. The number of carbonyl (C=O) groups is 2. The molecular formula is C66H127N2O7P. The number of quaternary nitrogens is 1. The van der Waals surface area contributed by atoms with E-state index in [1.54, 1.807) is 0 Å². The fourth-order valence-corrected chi connectivity index (χ4v) is 10.4. The number of allylic oxidation sites excluding steroid dienone is 5. The van der Waals surface area contributed by atoms with Crippen LogP contribution in [-0.4, -0.2) is 69.4 Å². The first-order chi connectivity index (χ1) is 36.9. The van der Waals surface area contributed by atoms with Gasteiger partial charge in [-0.25, -0.2) is 0 Å². The minimum absolute atomic E-state index is 0.0211. The van der Waals surface area contributed by atoms with Gasteiger partial charge in [0.05, 0.1) is 33.8 Å². The van der Waals surface area contributed by atoms with E-state index < -0.39 is 20.0 Å². The maximum Gasteiger partial charge on any atom is 0.306 e. The Morgan fingerprint density at radius 3 is 1.12 bits per heavy atom. The number of phosphoric ester groups is 1. The first-order valence-electron chi connectivity index (χ1n) is 32.8. The molecule has 0 bridgehead atoms. The molecule has 0 aliphatic rings. The van der Waals surface area contributed by atoms with Gasteiger partial charge in [0.15, 0.2) is 0 Å². The van der Waals surface area contributed by atoms with Gasteiger partial charge in [0.1, 0.15) is 19.3 Å². The molecular weight excluding hydrogens is 964 g/mol. The molecule has 76 heavy (non-hydrogen) atoms. The van der Waals surface area contributed by atoms with Crippen molar-refractivity contribution in [3.8, 4) is 0 Å². The molecule has 0 rings (SSSR count). The highest BCUT2D eigenvalue weighted by molar-refractivity contribution is 7.45. The van der Waals surface area contributed by atoms with E-state index in [9.17, 15) is 19.0 Å². The van der Waals surface area contributed by atoms with Crippen LogP contribution in [0, 0.1) is 0 Å². The molecule has 448 valence electrons. The van der Waals surface area contributed by atoms with E-state index in [-0.39, 0.29) is 31.5 Å². The zero-order chi connectivity index (χ0) is 55.7. The van der Waals surface area contributed by atoms with E-state index in [4.69, 9.17) is 13.8 Å². The van der Waals surface area contributed by atoms with Crippen molar-refractivity contribution < 1.29 is 37.3 Å². The highest BCUT2D eigenvalue weighted by atomic mass is 31.2. The van der Waals surface area contributed by atoms with Gasteiger partial charge in [-0.3, -0.25) is 14.2 Å². The topological polar surface area (TPSA) is 114 Å². The number of nitrogens with one attached hydrogen (secondary N) is 1. The molecule has 9 nitrogen and oxygen atoms in total. The normalized spacial score (nSPS) is 13.8. The van der Waals surface area contributed by atoms with Crippen LogP contribution in [0.15, 0.2) is 36.5 Å². The molecule has 10 heteroatoms. The summed E-state index contributed by atoms with van der Waals surface area (Å²) in [6.07, 6.45) is 68.2. The van der Waals surface area contributed by atoms with Crippen molar-refractivity contribution in [1.82, 2.24) is 5.32 Å². The molecule has 3 atom stereocenters. The van der Waals surface area contributed by atoms with E-state index >= 15 is 0 Å². The van der Waals surface area contributed by atoms with Crippen LogP contribution in [0.3, 0.4) is 0 Å².